The van der Waals surface area contributed by atoms with Crippen LogP contribution in [0.2, 0.25) is 5.02 Å². The number of hydrazine groups is 1. The van der Waals surface area contributed by atoms with E-state index in [2.05, 4.69) is 10.9 Å². The fourth-order valence-electron chi connectivity index (χ4n) is 1.92. The maximum Gasteiger partial charge on any atom is 0.340 e. The molecule has 2 N–H and O–H groups in total. The van der Waals surface area contributed by atoms with Crippen molar-refractivity contribution in [1.82, 2.24) is 10.9 Å². The van der Waals surface area contributed by atoms with Crippen molar-refractivity contribution in [3.8, 4) is 0 Å². The molecule has 0 fully saturated rings. The van der Waals surface area contributed by atoms with Gasteiger partial charge >= 0.3 is 5.97 Å². The number of rotatable bonds is 5. The van der Waals surface area contributed by atoms with Gasteiger partial charge in [-0.3, -0.25) is 20.4 Å². The molecule has 0 aliphatic rings. The van der Waals surface area contributed by atoms with Crippen LogP contribution in [0.3, 0.4) is 0 Å². The highest BCUT2D eigenvalue weighted by atomic mass is 35.5. The average Bonchev–Trinajstić information content (AvgIpc) is 2.64. The van der Waals surface area contributed by atoms with E-state index in [1.807, 2.05) is 0 Å². The third-order valence-electron chi connectivity index (χ3n) is 3.27. The van der Waals surface area contributed by atoms with Gasteiger partial charge in [0.1, 0.15) is 0 Å². The van der Waals surface area contributed by atoms with E-state index < -0.39 is 34.2 Å². The van der Waals surface area contributed by atoms with Crippen LogP contribution in [0.15, 0.2) is 53.4 Å². The number of hydrogen-bond donors (Lipinski definition) is 2. The first-order valence-electron chi connectivity index (χ1n) is 7.49. The van der Waals surface area contributed by atoms with E-state index in [0.29, 0.717) is 5.56 Å². The molecule has 2 amide bonds. The lowest BCUT2D eigenvalue weighted by Gasteiger charge is -2.09. The van der Waals surface area contributed by atoms with E-state index in [0.717, 1.165) is 12.3 Å². The van der Waals surface area contributed by atoms with Gasteiger partial charge in [-0.1, -0.05) is 29.8 Å². The standard InChI is InChI=1S/C17H15ClN2O6S/c1-27(24,25)12-7-8-14(18)13(9-12)17(23)26-10-15(21)19-20-16(22)11-5-3-2-4-6-11/h2-9H,10H2,1H3,(H,19,21)(H,20,22). The molecule has 0 aromatic heterocycles. The molecule has 2 aromatic rings. The van der Waals surface area contributed by atoms with Gasteiger partial charge in [0.2, 0.25) is 0 Å². The van der Waals surface area contributed by atoms with Gasteiger partial charge in [0.05, 0.1) is 15.5 Å². The number of carbonyl (C=O) groups excluding carboxylic acids is 3. The van der Waals surface area contributed by atoms with Crippen LogP contribution in [0, 0.1) is 0 Å². The maximum atomic E-state index is 12.0. The van der Waals surface area contributed by atoms with E-state index >= 15 is 0 Å². The number of nitrogens with one attached hydrogen (secondary N) is 2. The zero-order valence-electron chi connectivity index (χ0n) is 14.1. The number of sulfone groups is 1. The highest BCUT2D eigenvalue weighted by Gasteiger charge is 2.18. The second-order valence-corrected chi connectivity index (χ2v) is 7.78. The number of amides is 2. The summed E-state index contributed by atoms with van der Waals surface area (Å²) in [5.41, 5.74) is 4.40. The van der Waals surface area contributed by atoms with Gasteiger partial charge in [0, 0.05) is 11.8 Å². The molecule has 2 aromatic carbocycles. The van der Waals surface area contributed by atoms with Crippen LogP contribution >= 0.6 is 11.6 Å². The molecule has 2 rings (SSSR count). The molecule has 0 atom stereocenters. The minimum absolute atomic E-state index is 0.0230. The van der Waals surface area contributed by atoms with Gasteiger partial charge in [-0.05, 0) is 30.3 Å². The van der Waals surface area contributed by atoms with Crippen molar-refractivity contribution in [2.75, 3.05) is 12.9 Å². The lowest BCUT2D eigenvalue weighted by molar-refractivity contribution is -0.125. The summed E-state index contributed by atoms with van der Waals surface area (Å²) in [6.07, 6.45) is 0.980. The molecule has 0 bridgehead atoms. The molecule has 27 heavy (non-hydrogen) atoms. The first-order chi connectivity index (χ1) is 12.7. The van der Waals surface area contributed by atoms with E-state index in [4.69, 9.17) is 16.3 Å². The van der Waals surface area contributed by atoms with Crippen LogP contribution in [0.4, 0.5) is 0 Å². The Morgan fingerprint density at radius 2 is 1.70 bits per heavy atom. The van der Waals surface area contributed by atoms with Crippen molar-refractivity contribution in [2.24, 2.45) is 0 Å². The Balaban J connectivity index is 1.92. The largest absolute Gasteiger partial charge is 0.452 e. The number of benzene rings is 2. The van der Waals surface area contributed by atoms with E-state index in [-0.39, 0.29) is 15.5 Å². The number of esters is 1. The molecule has 10 heteroatoms. The predicted octanol–water partition coefficient (Wildman–Crippen LogP) is 1.36. The van der Waals surface area contributed by atoms with Crippen LogP contribution in [0.25, 0.3) is 0 Å². The Morgan fingerprint density at radius 1 is 1.04 bits per heavy atom. The van der Waals surface area contributed by atoms with Crippen LogP contribution < -0.4 is 10.9 Å². The summed E-state index contributed by atoms with van der Waals surface area (Å²) in [7, 11) is -3.54. The number of hydrogen-bond acceptors (Lipinski definition) is 6. The van der Waals surface area contributed by atoms with Crippen LogP contribution in [0.5, 0.6) is 0 Å². The molecule has 0 saturated carbocycles. The van der Waals surface area contributed by atoms with Crippen molar-refractivity contribution >= 4 is 39.2 Å². The Morgan fingerprint density at radius 3 is 2.33 bits per heavy atom. The van der Waals surface area contributed by atoms with E-state index in [9.17, 15) is 22.8 Å². The summed E-state index contributed by atoms with van der Waals surface area (Å²) in [6, 6.07) is 11.7. The fourth-order valence-corrected chi connectivity index (χ4v) is 2.77. The molecule has 0 radical (unpaired) electrons. The lowest BCUT2D eigenvalue weighted by atomic mass is 10.2. The van der Waals surface area contributed by atoms with Crippen LogP contribution in [-0.4, -0.2) is 39.1 Å². The number of carbonyl (C=O) groups is 3. The highest BCUT2D eigenvalue weighted by molar-refractivity contribution is 7.90. The van der Waals surface area contributed by atoms with Gasteiger partial charge in [-0.2, -0.15) is 0 Å². The smallest absolute Gasteiger partial charge is 0.340 e. The van der Waals surface area contributed by atoms with Crippen molar-refractivity contribution in [2.45, 2.75) is 4.90 Å². The first-order valence-corrected chi connectivity index (χ1v) is 9.76. The Bertz CT molecular complexity index is 976. The summed E-state index contributed by atoms with van der Waals surface area (Å²) >= 11 is 5.87. The van der Waals surface area contributed by atoms with Gasteiger partial charge < -0.3 is 4.74 Å². The summed E-state index contributed by atoms with van der Waals surface area (Å²) < 4.78 is 27.9. The van der Waals surface area contributed by atoms with Gasteiger partial charge in [0.25, 0.3) is 11.8 Å². The molecule has 142 valence electrons. The molecule has 0 saturated heterocycles. The van der Waals surface area contributed by atoms with E-state index in [1.165, 1.54) is 12.1 Å². The lowest BCUT2D eigenvalue weighted by Crippen LogP contribution is -2.43. The first kappa shape index (κ1) is 20.4. The third-order valence-corrected chi connectivity index (χ3v) is 4.71. The van der Waals surface area contributed by atoms with Crippen molar-refractivity contribution in [3.05, 3.63) is 64.7 Å². The van der Waals surface area contributed by atoms with E-state index in [1.54, 1.807) is 30.3 Å². The second kappa shape index (κ2) is 8.65. The third kappa shape index (κ3) is 5.80. The summed E-state index contributed by atoms with van der Waals surface area (Å²) in [5, 5.41) is -0.0230. The fraction of sp³-hybridized carbons (Fsp3) is 0.118. The summed E-state index contributed by atoms with van der Waals surface area (Å²) in [4.78, 5) is 35.4. The number of halogens is 1. The Labute approximate surface area is 160 Å². The molecule has 8 nitrogen and oxygen atoms in total. The maximum absolute atomic E-state index is 12.0. The van der Waals surface area contributed by atoms with Crippen LogP contribution in [0.1, 0.15) is 20.7 Å². The Hall–Kier alpha value is -2.91. The predicted molar refractivity (Wildman–Crippen MR) is 96.9 cm³/mol. The minimum Gasteiger partial charge on any atom is -0.452 e. The summed E-state index contributed by atoms with van der Waals surface area (Å²) in [6.45, 7) is -0.701. The van der Waals surface area contributed by atoms with Gasteiger partial charge in [-0.15, -0.1) is 0 Å². The zero-order valence-corrected chi connectivity index (χ0v) is 15.6. The molecule has 0 heterocycles. The molecular weight excluding hydrogens is 396 g/mol. The Kier molecular flexibility index (Phi) is 6.54. The SMILES string of the molecule is CS(=O)(=O)c1ccc(Cl)c(C(=O)OCC(=O)NNC(=O)c2ccccc2)c1. The quantitative estimate of drug-likeness (QED) is 0.567. The average molecular weight is 411 g/mol. The molecule has 0 aliphatic carbocycles. The molecule has 0 unspecified atom stereocenters. The van der Waals surface area contributed by atoms with Gasteiger partial charge in [0.15, 0.2) is 16.4 Å². The highest BCUT2D eigenvalue weighted by Crippen LogP contribution is 2.21. The minimum atomic E-state index is -3.54. The van der Waals surface area contributed by atoms with Crippen molar-refractivity contribution < 1.29 is 27.5 Å². The van der Waals surface area contributed by atoms with Crippen molar-refractivity contribution in [3.63, 3.8) is 0 Å². The normalized spacial score (nSPS) is 10.7. The monoisotopic (exact) mass is 410 g/mol. The second-order valence-electron chi connectivity index (χ2n) is 5.36. The molecule has 0 spiro atoms. The summed E-state index contributed by atoms with van der Waals surface area (Å²) in [5.74, 6) is -2.31. The van der Waals surface area contributed by atoms with Crippen LogP contribution in [-0.2, 0) is 19.4 Å². The molecule has 0 aliphatic heterocycles. The zero-order chi connectivity index (χ0) is 20.0. The van der Waals surface area contributed by atoms with Gasteiger partial charge in [-0.25, -0.2) is 13.2 Å². The topological polar surface area (TPSA) is 119 Å². The van der Waals surface area contributed by atoms with Crippen molar-refractivity contribution in [1.29, 1.82) is 0 Å². The number of ether oxygens (including phenoxy) is 1. The molecular formula is C17H15ClN2O6S.